The fourth-order valence-corrected chi connectivity index (χ4v) is 2.56. The van der Waals surface area contributed by atoms with Gasteiger partial charge in [-0.1, -0.05) is 19.1 Å². The zero-order chi connectivity index (χ0) is 19.1. The molecule has 2 aromatic carbocycles. The van der Waals surface area contributed by atoms with Gasteiger partial charge in [-0.05, 0) is 43.7 Å². The maximum Gasteiger partial charge on any atom is 0.255 e. The SMILES string of the molecule is CCCOc1ccc(C(=O)Nc2cccc(-c3cnco3)c2)cc1OCC. The van der Waals surface area contributed by atoms with Gasteiger partial charge in [-0.15, -0.1) is 0 Å². The average molecular weight is 366 g/mol. The van der Waals surface area contributed by atoms with Gasteiger partial charge in [0.2, 0.25) is 0 Å². The number of hydrogen-bond donors (Lipinski definition) is 1. The smallest absolute Gasteiger partial charge is 0.255 e. The minimum atomic E-state index is -0.229. The van der Waals surface area contributed by atoms with Gasteiger partial charge in [0.05, 0.1) is 19.4 Å². The molecule has 1 amide bonds. The normalized spacial score (nSPS) is 10.4. The molecule has 6 nitrogen and oxygen atoms in total. The molecule has 1 N–H and O–H groups in total. The van der Waals surface area contributed by atoms with Crippen LogP contribution in [0.2, 0.25) is 0 Å². The molecule has 1 heterocycles. The Hall–Kier alpha value is -3.28. The van der Waals surface area contributed by atoms with Gasteiger partial charge in [0, 0.05) is 16.8 Å². The lowest BCUT2D eigenvalue weighted by Gasteiger charge is -2.13. The predicted molar refractivity (Wildman–Crippen MR) is 103 cm³/mol. The lowest BCUT2D eigenvalue weighted by Crippen LogP contribution is -2.12. The highest BCUT2D eigenvalue weighted by molar-refractivity contribution is 6.04. The molecule has 1 aromatic heterocycles. The molecule has 0 fully saturated rings. The summed E-state index contributed by atoms with van der Waals surface area (Å²) in [5.74, 6) is 1.62. The molecule has 6 heteroatoms. The molecule has 0 unspecified atom stereocenters. The van der Waals surface area contributed by atoms with E-state index in [1.807, 2.05) is 38.1 Å². The predicted octanol–water partition coefficient (Wildman–Crippen LogP) is 4.78. The van der Waals surface area contributed by atoms with E-state index in [4.69, 9.17) is 13.9 Å². The van der Waals surface area contributed by atoms with Crippen molar-refractivity contribution < 1.29 is 18.7 Å². The van der Waals surface area contributed by atoms with Gasteiger partial charge in [-0.3, -0.25) is 4.79 Å². The van der Waals surface area contributed by atoms with Crippen LogP contribution in [0.1, 0.15) is 30.6 Å². The lowest BCUT2D eigenvalue weighted by atomic mass is 10.1. The maximum absolute atomic E-state index is 12.7. The Morgan fingerprint density at radius 3 is 2.74 bits per heavy atom. The van der Waals surface area contributed by atoms with E-state index in [2.05, 4.69) is 10.3 Å². The van der Waals surface area contributed by atoms with Crippen molar-refractivity contribution in [2.75, 3.05) is 18.5 Å². The van der Waals surface area contributed by atoms with Crippen LogP contribution >= 0.6 is 0 Å². The van der Waals surface area contributed by atoms with Gasteiger partial charge >= 0.3 is 0 Å². The molecular weight excluding hydrogens is 344 g/mol. The Morgan fingerprint density at radius 2 is 2.00 bits per heavy atom. The number of amides is 1. The number of carbonyl (C=O) groups is 1. The Balaban J connectivity index is 1.77. The van der Waals surface area contributed by atoms with E-state index in [0.717, 1.165) is 12.0 Å². The van der Waals surface area contributed by atoms with Crippen molar-refractivity contribution in [1.82, 2.24) is 4.98 Å². The Bertz CT molecular complexity index is 891. The molecule has 0 aliphatic heterocycles. The van der Waals surface area contributed by atoms with Crippen LogP contribution in [0.25, 0.3) is 11.3 Å². The molecule has 0 atom stereocenters. The molecule has 0 saturated heterocycles. The number of ether oxygens (including phenoxy) is 2. The third kappa shape index (κ3) is 4.67. The molecule has 0 aliphatic carbocycles. The Kier molecular flexibility index (Phi) is 6.10. The minimum Gasteiger partial charge on any atom is -0.490 e. The zero-order valence-electron chi connectivity index (χ0n) is 15.4. The van der Waals surface area contributed by atoms with Crippen molar-refractivity contribution in [1.29, 1.82) is 0 Å². The van der Waals surface area contributed by atoms with Gasteiger partial charge in [-0.25, -0.2) is 4.98 Å². The number of nitrogens with one attached hydrogen (secondary N) is 1. The molecule has 0 spiro atoms. The summed E-state index contributed by atoms with van der Waals surface area (Å²) < 4.78 is 16.6. The summed E-state index contributed by atoms with van der Waals surface area (Å²) in [6, 6.07) is 12.6. The molecule has 0 aliphatic rings. The highest BCUT2D eigenvalue weighted by atomic mass is 16.5. The first-order valence-electron chi connectivity index (χ1n) is 8.91. The summed E-state index contributed by atoms with van der Waals surface area (Å²) in [6.07, 6.45) is 3.90. The molecule has 140 valence electrons. The van der Waals surface area contributed by atoms with Gasteiger partial charge in [0.25, 0.3) is 5.91 Å². The van der Waals surface area contributed by atoms with E-state index in [-0.39, 0.29) is 5.91 Å². The van der Waals surface area contributed by atoms with Crippen molar-refractivity contribution in [3.05, 3.63) is 60.6 Å². The molecule has 27 heavy (non-hydrogen) atoms. The number of anilines is 1. The second-order valence-corrected chi connectivity index (χ2v) is 5.84. The maximum atomic E-state index is 12.7. The number of hydrogen-bond acceptors (Lipinski definition) is 5. The fraction of sp³-hybridized carbons (Fsp3) is 0.238. The summed E-state index contributed by atoms with van der Waals surface area (Å²) in [6.45, 7) is 5.02. The Labute approximate surface area is 158 Å². The number of nitrogens with zero attached hydrogens (tertiary/aromatic N) is 1. The first-order valence-corrected chi connectivity index (χ1v) is 8.91. The third-order valence-electron chi connectivity index (χ3n) is 3.80. The molecule has 0 saturated carbocycles. The molecule has 3 rings (SSSR count). The van der Waals surface area contributed by atoms with Crippen molar-refractivity contribution >= 4 is 11.6 Å². The molecule has 0 bridgehead atoms. The van der Waals surface area contributed by atoms with Crippen molar-refractivity contribution in [3.8, 4) is 22.8 Å². The van der Waals surface area contributed by atoms with Gasteiger partial charge in [-0.2, -0.15) is 0 Å². The van der Waals surface area contributed by atoms with Crippen LogP contribution in [0.4, 0.5) is 5.69 Å². The van der Waals surface area contributed by atoms with Crippen LogP contribution in [0.3, 0.4) is 0 Å². The topological polar surface area (TPSA) is 73.6 Å². The number of oxazole rings is 1. The first kappa shape index (κ1) is 18.5. The minimum absolute atomic E-state index is 0.229. The highest BCUT2D eigenvalue weighted by Crippen LogP contribution is 2.29. The number of carbonyl (C=O) groups excluding carboxylic acids is 1. The summed E-state index contributed by atoms with van der Waals surface area (Å²) in [4.78, 5) is 16.6. The second kappa shape index (κ2) is 8.89. The Morgan fingerprint density at radius 1 is 1.11 bits per heavy atom. The molecule has 0 radical (unpaired) electrons. The van der Waals surface area contributed by atoms with E-state index >= 15 is 0 Å². The van der Waals surface area contributed by atoms with Gasteiger partial charge in [0.15, 0.2) is 23.7 Å². The van der Waals surface area contributed by atoms with Crippen molar-refractivity contribution in [2.45, 2.75) is 20.3 Å². The lowest BCUT2D eigenvalue weighted by molar-refractivity contribution is 0.102. The quantitative estimate of drug-likeness (QED) is 0.621. The van der Waals surface area contributed by atoms with Crippen LogP contribution in [0, 0.1) is 0 Å². The van der Waals surface area contributed by atoms with E-state index in [0.29, 0.717) is 41.7 Å². The largest absolute Gasteiger partial charge is 0.490 e. The van der Waals surface area contributed by atoms with E-state index in [9.17, 15) is 4.79 Å². The standard InChI is InChI=1S/C21H22N2O4/c1-3-10-26-18-9-8-16(12-19(18)25-4-2)21(24)23-17-7-5-6-15(11-17)20-13-22-14-27-20/h5-9,11-14H,3-4,10H2,1-2H3,(H,23,24). The van der Waals surface area contributed by atoms with Gasteiger partial charge < -0.3 is 19.2 Å². The average Bonchev–Trinajstić information content (AvgIpc) is 3.22. The fourth-order valence-electron chi connectivity index (χ4n) is 2.56. The van der Waals surface area contributed by atoms with Crippen molar-refractivity contribution in [2.24, 2.45) is 0 Å². The summed E-state index contributed by atoms with van der Waals surface area (Å²) in [5, 5.41) is 2.90. The molecular formula is C21H22N2O4. The van der Waals surface area contributed by atoms with Crippen LogP contribution in [-0.2, 0) is 0 Å². The summed E-state index contributed by atoms with van der Waals surface area (Å²) in [7, 11) is 0. The summed E-state index contributed by atoms with van der Waals surface area (Å²) in [5.41, 5.74) is 1.99. The number of benzene rings is 2. The van der Waals surface area contributed by atoms with Gasteiger partial charge in [0.1, 0.15) is 0 Å². The van der Waals surface area contributed by atoms with E-state index in [1.54, 1.807) is 24.4 Å². The monoisotopic (exact) mass is 366 g/mol. The number of rotatable bonds is 8. The van der Waals surface area contributed by atoms with Crippen LogP contribution in [-0.4, -0.2) is 24.1 Å². The van der Waals surface area contributed by atoms with E-state index in [1.165, 1.54) is 6.39 Å². The van der Waals surface area contributed by atoms with E-state index < -0.39 is 0 Å². The van der Waals surface area contributed by atoms with Crippen LogP contribution in [0.15, 0.2) is 59.5 Å². The number of aromatic nitrogens is 1. The zero-order valence-corrected chi connectivity index (χ0v) is 15.4. The highest BCUT2D eigenvalue weighted by Gasteiger charge is 2.12. The summed E-state index contributed by atoms with van der Waals surface area (Å²) >= 11 is 0. The third-order valence-corrected chi connectivity index (χ3v) is 3.80. The molecule has 3 aromatic rings. The first-order chi connectivity index (χ1) is 13.2. The van der Waals surface area contributed by atoms with Crippen molar-refractivity contribution in [3.63, 3.8) is 0 Å². The second-order valence-electron chi connectivity index (χ2n) is 5.84. The van der Waals surface area contributed by atoms with Crippen LogP contribution in [0.5, 0.6) is 11.5 Å². The van der Waals surface area contributed by atoms with Crippen LogP contribution < -0.4 is 14.8 Å².